The molecule has 0 saturated carbocycles. The van der Waals surface area contributed by atoms with Gasteiger partial charge in [-0.25, -0.2) is 4.39 Å². The number of anilines is 1. The second-order valence-corrected chi connectivity index (χ2v) is 4.52. The smallest absolute Gasteiger partial charge is 0.238 e. The molecule has 22 heavy (non-hydrogen) atoms. The molecule has 3 rings (SSSR count). The second-order valence-electron chi connectivity index (χ2n) is 4.52. The van der Waals surface area contributed by atoms with E-state index in [9.17, 15) is 9.18 Å². The van der Waals surface area contributed by atoms with E-state index in [2.05, 4.69) is 15.5 Å². The van der Waals surface area contributed by atoms with Crippen LogP contribution in [0.4, 0.5) is 10.1 Å². The summed E-state index contributed by atoms with van der Waals surface area (Å²) in [6.07, 6.45) is 1.87. The first-order valence-corrected chi connectivity index (χ1v) is 6.63. The third-order valence-corrected chi connectivity index (χ3v) is 2.92. The quantitative estimate of drug-likeness (QED) is 0.783. The highest BCUT2D eigenvalue weighted by molar-refractivity contribution is 5.90. The van der Waals surface area contributed by atoms with Crippen molar-refractivity contribution in [3.05, 3.63) is 54.4 Å². The first-order chi connectivity index (χ1) is 10.7. The zero-order valence-electron chi connectivity index (χ0n) is 11.5. The predicted molar refractivity (Wildman–Crippen MR) is 75.4 cm³/mol. The molecule has 7 heteroatoms. The lowest BCUT2D eigenvalue weighted by atomic mass is 10.2. The molecule has 1 N–H and O–H groups in total. The Hall–Kier alpha value is -2.96. The summed E-state index contributed by atoms with van der Waals surface area (Å²) in [7, 11) is 0. The summed E-state index contributed by atoms with van der Waals surface area (Å²) < 4.78 is 23.6. The molecule has 0 aliphatic carbocycles. The fourth-order valence-corrected chi connectivity index (χ4v) is 1.86. The van der Waals surface area contributed by atoms with Gasteiger partial charge in [-0.2, -0.15) is 4.98 Å². The van der Waals surface area contributed by atoms with Crippen LogP contribution in [0.5, 0.6) is 0 Å². The fourth-order valence-electron chi connectivity index (χ4n) is 1.86. The van der Waals surface area contributed by atoms with E-state index < -0.39 is 5.82 Å². The Morgan fingerprint density at radius 1 is 1.23 bits per heavy atom. The van der Waals surface area contributed by atoms with Gasteiger partial charge in [0.1, 0.15) is 5.82 Å². The molecule has 3 aromatic rings. The number of benzene rings is 1. The Morgan fingerprint density at radius 2 is 2.09 bits per heavy atom. The van der Waals surface area contributed by atoms with Gasteiger partial charge in [0.05, 0.1) is 12.0 Å². The van der Waals surface area contributed by atoms with Crippen LogP contribution in [0.1, 0.15) is 12.3 Å². The molecule has 6 nitrogen and oxygen atoms in total. The molecule has 0 bridgehead atoms. The Kier molecular flexibility index (Phi) is 3.95. The van der Waals surface area contributed by atoms with E-state index in [-0.39, 0.29) is 24.4 Å². The molecule has 0 aliphatic rings. The minimum Gasteiger partial charge on any atom is -0.461 e. The van der Waals surface area contributed by atoms with Crippen LogP contribution in [0, 0.1) is 5.82 Å². The molecule has 0 unspecified atom stereocenters. The van der Waals surface area contributed by atoms with Gasteiger partial charge in [0, 0.05) is 12.8 Å². The number of furan rings is 1. The first-order valence-electron chi connectivity index (χ1n) is 6.63. The first kappa shape index (κ1) is 14.0. The maximum absolute atomic E-state index is 13.4. The fraction of sp³-hybridized carbons (Fsp3) is 0.133. The molecule has 1 amide bonds. The third kappa shape index (κ3) is 3.20. The summed E-state index contributed by atoms with van der Waals surface area (Å²) >= 11 is 0. The van der Waals surface area contributed by atoms with Crippen LogP contribution >= 0.6 is 0 Å². The van der Waals surface area contributed by atoms with Crippen LogP contribution in [0.3, 0.4) is 0 Å². The predicted octanol–water partition coefficient (Wildman–Crippen LogP) is 3.04. The number of carbonyl (C=O) groups is 1. The van der Waals surface area contributed by atoms with Gasteiger partial charge in [-0.15, -0.1) is 0 Å². The summed E-state index contributed by atoms with van der Waals surface area (Å²) in [6.45, 7) is 0. The van der Waals surface area contributed by atoms with E-state index >= 15 is 0 Å². The van der Waals surface area contributed by atoms with Crippen molar-refractivity contribution in [2.45, 2.75) is 12.8 Å². The van der Waals surface area contributed by atoms with Crippen LogP contribution in [-0.4, -0.2) is 16.0 Å². The largest absolute Gasteiger partial charge is 0.461 e. The molecular weight excluding hydrogens is 289 g/mol. The van der Waals surface area contributed by atoms with Crippen LogP contribution in [0.2, 0.25) is 0 Å². The van der Waals surface area contributed by atoms with Crippen molar-refractivity contribution in [3.8, 4) is 11.6 Å². The number of halogens is 1. The highest BCUT2D eigenvalue weighted by atomic mass is 19.1. The zero-order valence-corrected chi connectivity index (χ0v) is 11.5. The average molecular weight is 301 g/mol. The number of carbonyl (C=O) groups excluding carboxylic acids is 1. The van der Waals surface area contributed by atoms with E-state index in [1.54, 1.807) is 24.3 Å². The molecule has 2 aromatic heterocycles. The number of hydrogen-bond donors (Lipinski definition) is 1. The minimum absolute atomic E-state index is 0.105. The van der Waals surface area contributed by atoms with Gasteiger partial charge in [-0.05, 0) is 24.3 Å². The zero-order chi connectivity index (χ0) is 15.4. The van der Waals surface area contributed by atoms with E-state index in [4.69, 9.17) is 8.94 Å². The normalized spacial score (nSPS) is 10.6. The molecule has 0 spiro atoms. The SMILES string of the molecule is O=C(CCc1nc(-c2ccco2)no1)Nc1ccccc1F. The summed E-state index contributed by atoms with van der Waals surface area (Å²) in [5.74, 6) is 0.326. The van der Waals surface area contributed by atoms with Crippen LogP contribution < -0.4 is 5.32 Å². The molecule has 0 fully saturated rings. The minimum atomic E-state index is -0.478. The molecule has 0 saturated heterocycles. The molecule has 0 aliphatic heterocycles. The van der Waals surface area contributed by atoms with Gasteiger partial charge < -0.3 is 14.3 Å². The lowest BCUT2D eigenvalue weighted by Crippen LogP contribution is -2.13. The van der Waals surface area contributed by atoms with Gasteiger partial charge in [-0.1, -0.05) is 17.3 Å². The standard InChI is InChI=1S/C15H12FN3O3/c16-10-4-1-2-5-11(10)17-13(20)7-8-14-18-15(19-22-14)12-6-3-9-21-12/h1-6,9H,7-8H2,(H,17,20). The number of nitrogens with zero attached hydrogens (tertiary/aromatic N) is 2. The van der Waals surface area contributed by atoms with Gasteiger partial charge in [0.25, 0.3) is 0 Å². The molecule has 2 heterocycles. The van der Waals surface area contributed by atoms with Gasteiger partial charge >= 0.3 is 0 Å². The molecule has 0 atom stereocenters. The highest BCUT2D eigenvalue weighted by Crippen LogP contribution is 2.17. The Balaban J connectivity index is 1.56. The van der Waals surface area contributed by atoms with Crippen LogP contribution in [0.15, 0.2) is 51.6 Å². The number of rotatable bonds is 5. The van der Waals surface area contributed by atoms with Crippen molar-refractivity contribution in [2.24, 2.45) is 0 Å². The molecular formula is C15H12FN3O3. The molecule has 112 valence electrons. The van der Waals surface area contributed by atoms with E-state index in [0.29, 0.717) is 17.5 Å². The van der Waals surface area contributed by atoms with E-state index in [1.807, 2.05) is 0 Å². The number of aromatic nitrogens is 2. The van der Waals surface area contributed by atoms with Crippen molar-refractivity contribution < 1.29 is 18.1 Å². The Labute approximate surface area is 124 Å². The number of aryl methyl sites for hydroxylation is 1. The van der Waals surface area contributed by atoms with Crippen molar-refractivity contribution in [2.75, 3.05) is 5.32 Å². The summed E-state index contributed by atoms with van der Waals surface area (Å²) in [5.41, 5.74) is 0.148. The second kappa shape index (κ2) is 6.21. The van der Waals surface area contributed by atoms with Crippen molar-refractivity contribution in [1.82, 2.24) is 10.1 Å². The van der Waals surface area contributed by atoms with E-state index in [1.165, 1.54) is 18.4 Å². The molecule has 1 aromatic carbocycles. The lowest BCUT2D eigenvalue weighted by molar-refractivity contribution is -0.116. The lowest BCUT2D eigenvalue weighted by Gasteiger charge is -2.04. The summed E-state index contributed by atoms with van der Waals surface area (Å²) in [6, 6.07) is 9.40. The number of nitrogens with one attached hydrogen (secondary N) is 1. The number of amides is 1. The topological polar surface area (TPSA) is 81.2 Å². The van der Waals surface area contributed by atoms with Gasteiger partial charge in [0.15, 0.2) is 5.76 Å². The highest BCUT2D eigenvalue weighted by Gasteiger charge is 2.13. The van der Waals surface area contributed by atoms with Crippen molar-refractivity contribution >= 4 is 11.6 Å². The van der Waals surface area contributed by atoms with Gasteiger partial charge in [-0.3, -0.25) is 4.79 Å². The Morgan fingerprint density at radius 3 is 2.86 bits per heavy atom. The average Bonchev–Trinajstić information content (AvgIpc) is 3.18. The van der Waals surface area contributed by atoms with Crippen molar-refractivity contribution in [1.29, 1.82) is 0 Å². The number of para-hydroxylation sites is 1. The molecule has 0 radical (unpaired) electrons. The van der Waals surface area contributed by atoms with E-state index in [0.717, 1.165) is 0 Å². The van der Waals surface area contributed by atoms with Crippen molar-refractivity contribution in [3.63, 3.8) is 0 Å². The monoisotopic (exact) mass is 301 g/mol. The summed E-state index contributed by atoms with van der Waals surface area (Å²) in [4.78, 5) is 15.9. The number of hydrogen-bond acceptors (Lipinski definition) is 5. The van der Waals surface area contributed by atoms with Crippen LogP contribution in [0.25, 0.3) is 11.6 Å². The third-order valence-electron chi connectivity index (χ3n) is 2.92. The maximum atomic E-state index is 13.4. The summed E-state index contributed by atoms with van der Waals surface area (Å²) in [5, 5.41) is 6.26. The maximum Gasteiger partial charge on any atom is 0.238 e. The van der Waals surface area contributed by atoms with Gasteiger partial charge in [0.2, 0.25) is 17.6 Å². The van der Waals surface area contributed by atoms with Crippen LogP contribution in [-0.2, 0) is 11.2 Å². The Bertz CT molecular complexity index is 768.